The van der Waals surface area contributed by atoms with Gasteiger partial charge in [-0.25, -0.2) is 9.48 Å². The molecule has 0 saturated carbocycles. The zero-order valence-electron chi connectivity index (χ0n) is 17.3. The topological polar surface area (TPSA) is 123 Å². The summed E-state index contributed by atoms with van der Waals surface area (Å²) in [5, 5.41) is 14.6. The predicted octanol–water partition coefficient (Wildman–Crippen LogP) is 2.37. The third-order valence-electron chi connectivity index (χ3n) is 5.71. The maximum atomic E-state index is 13.3. The van der Waals surface area contributed by atoms with Crippen molar-refractivity contribution >= 4 is 28.7 Å². The molecule has 10 nitrogen and oxygen atoms in total. The van der Waals surface area contributed by atoms with E-state index in [0.717, 1.165) is 10.3 Å². The summed E-state index contributed by atoms with van der Waals surface area (Å²) in [5.41, 5.74) is 1.08. The lowest BCUT2D eigenvalue weighted by molar-refractivity contribution is -0.130. The maximum Gasteiger partial charge on any atom is 0.325 e. The van der Waals surface area contributed by atoms with Gasteiger partial charge < -0.3 is 9.73 Å². The van der Waals surface area contributed by atoms with Crippen LogP contribution in [-0.4, -0.2) is 49.4 Å². The minimum absolute atomic E-state index is 0.140. The molecule has 1 fully saturated rings. The van der Waals surface area contributed by atoms with Crippen molar-refractivity contribution in [2.75, 3.05) is 6.54 Å². The number of nitrogens with one attached hydrogen (secondary N) is 1. The van der Waals surface area contributed by atoms with Gasteiger partial charge in [-0.3, -0.25) is 14.5 Å². The highest BCUT2D eigenvalue weighted by molar-refractivity contribution is 6.11. The number of hydrogen-bond acceptors (Lipinski definition) is 7. The standard InChI is InChI=1S/C22H18N6O4/c1-13-16-8-3-4-9-18(16)32-19(13)17(29)11-27-20(30)22(2,24-21(27)31)14-6-5-7-15(10-14)28-12-23-25-26-28/h3-10,12H,11H2,1-2H3,(H,24,31). The van der Waals surface area contributed by atoms with Gasteiger partial charge in [0.15, 0.2) is 5.76 Å². The molecular weight excluding hydrogens is 412 g/mol. The number of aromatic nitrogens is 4. The number of Topliss-reactive ketones (excluding diaryl/α,β-unsaturated/α-hetero) is 1. The molecule has 0 bridgehead atoms. The Kier molecular flexibility index (Phi) is 4.36. The van der Waals surface area contributed by atoms with E-state index in [4.69, 9.17) is 4.42 Å². The number of para-hydroxylation sites is 1. The molecule has 1 aliphatic rings. The van der Waals surface area contributed by atoms with E-state index in [1.807, 2.05) is 18.2 Å². The number of carbonyl (C=O) groups excluding carboxylic acids is 3. The summed E-state index contributed by atoms with van der Waals surface area (Å²) in [6, 6.07) is 13.6. The molecule has 1 atom stereocenters. The minimum Gasteiger partial charge on any atom is -0.453 e. The van der Waals surface area contributed by atoms with Crippen LogP contribution in [0, 0.1) is 6.92 Å². The van der Waals surface area contributed by atoms with E-state index in [1.165, 1.54) is 11.0 Å². The molecule has 3 amide bonds. The number of benzene rings is 2. The van der Waals surface area contributed by atoms with Gasteiger partial charge in [0.05, 0.1) is 12.2 Å². The van der Waals surface area contributed by atoms with Crippen LogP contribution in [0.4, 0.5) is 4.79 Å². The molecule has 0 spiro atoms. The van der Waals surface area contributed by atoms with Crippen LogP contribution < -0.4 is 5.32 Å². The highest BCUT2D eigenvalue weighted by atomic mass is 16.3. The fourth-order valence-electron chi connectivity index (χ4n) is 3.93. The van der Waals surface area contributed by atoms with Crippen LogP contribution in [-0.2, 0) is 10.3 Å². The number of furan rings is 1. The van der Waals surface area contributed by atoms with Gasteiger partial charge in [-0.1, -0.05) is 30.3 Å². The molecule has 1 unspecified atom stereocenters. The zero-order chi connectivity index (χ0) is 22.5. The number of carbonyl (C=O) groups is 3. The lowest BCUT2D eigenvalue weighted by Gasteiger charge is -2.22. The molecule has 1 saturated heterocycles. The lowest BCUT2D eigenvalue weighted by atomic mass is 9.91. The van der Waals surface area contributed by atoms with Crippen LogP contribution in [0.1, 0.15) is 28.6 Å². The Balaban J connectivity index is 1.43. The Morgan fingerprint density at radius 2 is 1.97 bits per heavy atom. The minimum atomic E-state index is -1.34. The molecule has 32 heavy (non-hydrogen) atoms. The van der Waals surface area contributed by atoms with Crippen molar-refractivity contribution in [3.8, 4) is 5.69 Å². The third kappa shape index (κ3) is 2.96. The van der Waals surface area contributed by atoms with E-state index < -0.39 is 29.8 Å². The number of hydrogen-bond donors (Lipinski definition) is 1. The first-order chi connectivity index (χ1) is 15.4. The Hall–Kier alpha value is -4.34. The number of nitrogens with zero attached hydrogens (tertiary/aromatic N) is 5. The van der Waals surface area contributed by atoms with Crippen molar-refractivity contribution in [1.82, 2.24) is 30.4 Å². The van der Waals surface area contributed by atoms with E-state index in [9.17, 15) is 14.4 Å². The quantitative estimate of drug-likeness (QED) is 0.381. The Morgan fingerprint density at radius 1 is 1.16 bits per heavy atom. The molecule has 0 aliphatic carbocycles. The molecule has 160 valence electrons. The van der Waals surface area contributed by atoms with Gasteiger partial charge in [-0.2, -0.15) is 0 Å². The second kappa shape index (κ2) is 7.12. The average Bonchev–Trinajstić information content (AvgIpc) is 3.50. The highest BCUT2D eigenvalue weighted by Crippen LogP contribution is 2.31. The van der Waals surface area contributed by atoms with Gasteiger partial charge in [-0.05, 0) is 48.0 Å². The zero-order valence-corrected chi connectivity index (χ0v) is 17.3. The molecule has 1 aliphatic heterocycles. The number of urea groups is 1. The molecular formula is C22H18N6O4. The first-order valence-corrected chi connectivity index (χ1v) is 9.88. The Bertz CT molecular complexity index is 1380. The smallest absolute Gasteiger partial charge is 0.325 e. The van der Waals surface area contributed by atoms with Gasteiger partial charge in [0, 0.05) is 10.9 Å². The van der Waals surface area contributed by atoms with Crippen LogP contribution in [0.25, 0.3) is 16.7 Å². The summed E-state index contributed by atoms with van der Waals surface area (Å²) in [7, 11) is 0. The van der Waals surface area contributed by atoms with E-state index in [0.29, 0.717) is 22.4 Å². The average molecular weight is 430 g/mol. The van der Waals surface area contributed by atoms with Gasteiger partial charge in [0.1, 0.15) is 17.4 Å². The summed E-state index contributed by atoms with van der Waals surface area (Å²) in [4.78, 5) is 39.8. The highest BCUT2D eigenvalue weighted by Gasteiger charge is 2.49. The predicted molar refractivity (Wildman–Crippen MR) is 112 cm³/mol. The number of aryl methyl sites for hydroxylation is 1. The van der Waals surface area contributed by atoms with Crippen LogP contribution in [0.15, 0.2) is 59.3 Å². The van der Waals surface area contributed by atoms with Crippen molar-refractivity contribution in [3.05, 3.63) is 71.7 Å². The van der Waals surface area contributed by atoms with E-state index >= 15 is 0 Å². The molecule has 4 aromatic rings. The summed E-state index contributed by atoms with van der Waals surface area (Å²) >= 11 is 0. The van der Waals surface area contributed by atoms with Crippen molar-refractivity contribution in [3.63, 3.8) is 0 Å². The van der Waals surface area contributed by atoms with Crippen molar-refractivity contribution < 1.29 is 18.8 Å². The van der Waals surface area contributed by atoms with Gasteiger partial charge in [-0.15, -0.1) is 5.10 Å². The fourth-order valence-corrected chi connectivity index (χ4v) is 3.93. The first-order valence-electron chi connectivity index (χ1n) is 9.88. The number of tetrazole rings is 1. The van der Waals surface area contributed by atoms with Crippen molar-refractivity contribution in [2.45, 2.75) is 19.4 Å². The van der Waals surface area contributed by atoms with Gasteiger partial charge in [0.25, 0.3) is 5.91 Å². The van der Waals surface area contributed by atoms with E-state index in [1.54, 1.807) is 44.2 Å². The van der Waals surface area contributed by atoms with Gasteiger partial charge >= 0.3 is 6.03 Å². The largest absolute Gasteiger partial charge is 0.453 e. The summed E-state index contributed by atoms with van der Waals surface area (Å²) in [6.45, 7) is 2.95. The number of ketones is 1. The molecule has 1 N–H and O–H groups in total. The van der Waals surface area contributed by atoms with Crippen molar-refractivity contribution in [1.29, 1.82) is 0 Å². The van der Waals surface area contributed by atoms with E-state index in [2.05, 4.69) is 20.8 Å². The Morgan fingerprint density at radius 3 is 2.72 bits per heavy atom. The molecule has 10 heteroatoms. The number of fused-ring (bicyclic) bond motifs is 1. The normalized spacial score (nSPS) is 18.4. The van der Waals surface area contributed by atoms with Crippen LogP contribution in [0.5, 0.6) is 0 Å². The number of amides is 3. The molecule has 0 radical (unpaired) electrons. The number of rotatable bonds is 5. The molecule has 2 aromatic heterocycles. The Labute approximate surface area is 181 Å². The van der Waals surface area contributed by atoms with E-state index in [-0.39, 0.29) is 5.76 Å². The second-order valence-corrected chi connectivity index (χ2v) is 7.73. The lowest BCUT2D eigenvalue weighted by Crippen LogP contribution is -2.41. The summed E-state index contributed by atoms with van der Waals surface area (Å²) < 4.78 is 7.14. The summed E-state index contributed by atoms with van der Waals surface area (Å²) in [6.07, 6.45) is 1.43. The number of imide groups is 1. The van der Waals surface area contributed by atoms with Crippen LogP contribution >= 0.6 is 0 Å². The first kappa shape index (κ1) is 19.6. The third-order valence-corrected chi connectivity index (χ3v) is 5.71. The van der Waals surface area contributed by atoms with Crippen molar-refractivity contribution in [2.24, 2.45) is 0 Å². The molecule has 3 heterocycles. The monoisotopic (exact) mass is 430 g/mol. The maximum absolute atomic E-state index is 13.3. The van der Waals surface area contributed by atoms with Crippen LogP contribution in [0.2, 0.25) is 0 Å². The van der Waals surface area contributed by atoms with Gasteiger partial charge in [0.2, 0.25) is 5.78 Å². The molecule has 2 aromatic carbocycles. The SMILES string of the molecule is Cc1c(C(=O)CN2C(=O)NC(C)(c3cccc(-n4cnnn4)c3)C2=O)oc2ccccc12. The van der Waals surface area contributed by atoms with Crippen LogP contribution in [0.3, 0.4) is 0 Å². The molecule has 5 rings (SSSR count). The fraction of sp³-hybridized carbons (Fsp3) is 0.182. The summed E-state index contributed by atoms with van der Waals surface area (Å²) in [5.74, 6) is -0.839. The second-order valence-electron chi connectivity index (χ2n) is 7.73.